The lowest BCUT2D eigenvalue weighted by Crippen LogP contribution is -2.38. The molecular formula is C8H16BrNO2S2. The molecule has 0 radical (unpaired) electrons. The topological polar surface area (TPSA) is 46.2 Å². The summed E-state index contributed by atoms with van der Waals surface area (Å²) in [5.74, 6) is 0. The third-order valence-electron chi connectivity index (χ3n) is 2.71. The fourth-order valence-electron chi connectivity index (χ4n) is 1.75. The molecule has 0 amide bonds. The fraction of sp³-hybridized carbons (Fsp3) is 1.00. The Bertz CT molecular complexity index is 273. The van der Waals surface area contributed by atoms with Gasteiger partial charge < -0.3 is 0 Å². The molecule has 1 fully saturated rings. The third-order valence-corrected chi connectivity index (χ3v) is 6.80. The van der Waals surface area contributed by atoms with Crippen molar-refractivity contribution in [3.05, 3.63) is 0 Å². The zero-order valence-electron chi connectivity index (χ0n) is 8.25. The highest BCUT2D eigenvalue weighted by Crippen LogP contribution is 2.39. The molecule has 6 heteroatoms. The van der Waals surface area contributed by atoms with Crippen LogP contribution in [0.15, 0.2) is 0 Å². The summed E-state index contributed by atoms with van der Waals surface area (Å²) in [5, 5.41) is 0. The number of alkyl halides is 1. The Kier molecular flexibility index (Phi) is 4.74. The van der Waals surface area contributed by atoms with Gasteiger partial charge in [-0.05, 0) is 19.1 Å². The van der Waals surface area contributed by atoms with E-state index in [-0.39, 0.29) is 9.41 Å². The van der Waals surface area contributed by atoms with Crippen LogP contribution in [-0.2, 0) is 10.0 Å². The van der Waals surface area contributed by atoms with E-state index in [2.05, 4.69) is 26.9 Å². The van der Waals surface area contributed by atoms with Crippen molar-refractivity contribution in [3.63, 3.8) is 0 Å². The molecule has 0 aromatic carbocycles. The zero-order valence-corrected chi connectivity index (χ0v) is 11.5. The number of hydrogen-bond acceptors (Lipinski definition) is 3. The lowest BCUT2D eigenvalue weighted by atomic mass is 10.1. The molecule has 0 bridgehead atoms. The fourth-order valence-corrected chi connectivity index (χ4v) is 3.82. The molecule has 1 aliphatic rings. The predicted molar refractivity (Wildman–Crippen MR) is 65.4 cm³/mol. The third kappa shape index (κ3) is 3.40. The molecule has 3 nitrogen and oxygen atoms in total. The molecule has 0 atom stereocenters. The molecular weight excluding hydrogens is 286 g/mol. The van der Waals surface area contributed by atoms with Gasteiger partial charge in [-0.15, -0.1) is 0 Å². The molecule has 0 aromatic rings. The van der Waals surface area contributed by atoms with Gasteiger partial charge in [-0.2, -0.15) is 11.8 Å². The molecule has 1 N–H and O–H groups in total. The van der Waals surface area contributed by atoms with Gasteiger partial charge in [-0.3, -0.25) is 0 Å². The van der Waals surface area contributed by atoms with Crippen molar-refractivity contribution < 1.29 is 8.42 Å². The van der Waals surface area contributed by atoms with Gasteiger partial charge in [0.2, 0.25) is 10.0 Å². The standard InChI is InChI=1S/C8H16BrNO2S2/c1-13-8(4-2-3-5-8)6-10-14(11,12)7-9/h10H,2-7H2,1H3. The van der Waals surface area contributed by atoms with Gasteiger partial charge in [0.05, 0.1) is 0 Å². The Morgan fingerprint density at radius 3 is 2.43 bits per heavy atom. The van der Waals surface area contributed by atoms with Crippen LogP contribution in [0.25, 0.3) is 0 Å². The van der Waals surface area contributed by atoms with Gasteiger partial charge in [-0.25, -0.2) is 13.1 Å². The van der Waals surface area contributed by atoms with E-state index in [9.17, 15) is 8.42 Å². The van der Waals surface area contributed by atoms with Crippen LogP contribution in [0.4, 0.5) is 0 Å². The van der Waals surface area contributed by atoms with Crippen LogP contribution in [0.5, 0.6) is 0 Å². The second-order valence-corrected chi connectivity index (χ2v) is 8.02. The van der Waals surface area contributed by atoms with Gasteiger partial charge in [-0.1, -0.05) is 28.8 Å². The van der Waals surface area contributed by atoms with Crippen molar-refractivity contribution in [2.75, 3.05) is 17.5 Å². The monoisotopic (exact) mass is 301 g/mol. The number of halogens is 1. The summed E-state index contributed by atoms with van der Waals surface area (Å²) in [5.41, 5.74) is 0. The van der Waals surface area contributed by atoms with Crippen LogP contribution in [0.1, 0.15) is 25.7 Å². The van der Waals surface area contributed by atoms with Crippen molar-refractivity contribution in [1.82, 2.24) is 4.72 Å². The number of thioether (sulfide) groups is 1. The highest BCUT2D eigenvalue weighted by atomic mass is 79.9. The van der Waals surface area contributed by atoms with E-state index in [1.54, 1.807) is 11.8 Å². The van der Waals surface area contributed by atoms with Crippen LogP contribution in [0.2, 0.25) is 0 Å². The molecule has 14 heavy (non-hydrogen) atoms. The van der Waals surface area contributed by atoms with Crippen LogP contribution < -0.4 is 4.72 Å². The maximum atomic E-state index is 11.2. The molecule has 0 aromatic heterocycles. The lowest BCUT2D eigenvalue weighted by Gasteiger charge is -2.26. The van der Waals surface area contributed by atoms with E-state index in [1.807, 2.05) is 0 Å². The minimum atomic E-state index is -3.10. The Morgan fingerprint density at radius 2 is 2.00 bits per heavy atom. The maximum absolute atomic E-state index is 11.2. The second-order valence-electron chi connectivity index (χ2n) is 3.64. The van der Waals surface area contributed by atoms with Crippen molar-refractivity contribution in [3.8, 4) is 0 Å². The van der Waals surface area contributed by atoms with Crippen LogP contribution in [0.3, 0.4) is 0 Å². The summed E-state index contributed by atoms with van der Waals surface area (Å²) in [4.78, 5) is 0. The first-order valence-electron chi connectivity index (χ1n) is 4.62. The number of hydrogen-bond donors (Lipinski definition) is 1. The van der Waals surface area contributed by atoms with E-state index >= 15 is 0 Å². The summed E-state index contributed by atoms with van der Waals surface area (Å²) < 4.78 is 25.3. The average molecular weight is 302 g/mol. The number of nitrogens with one attached hydrogen (secondary N) is 1. The first-order valence-corrected chi connectivity index (χ1v) is 8.62. The van der Waals surface area contributed by atoms with Crippen LogP contribution in [0, 0.1) is 0 Å². The predicted octanol–water partition coefficient (Wildman–Crippen LogP) is 1.93. The highest BCUT2D eigenvalue weighted by molar-refractivity contribution is 9.10. The molecule has 1 aliphatic carbocycles. The quantitative estimate of drug-likeness (QED) is 0.789. The average Bonchev–Trinajstić information content (AvgIpc) is 2.65. The summed E-state index contributed by atoms with van der Waals surface area (Å²) in [7, 11) is -3.10. The minimum absolute atomic E-state index is 0.00946. The van der Waals surface area contributed by atoms with Crippen molar-refractivity contribution in [1.29, 1.82) is 0 Å². The summed E-state index contributed by atoms with van der Waals surface area (Å²) in [6.45, 7) is 0.572. The van der Waals surface area contributed by atoms with Crippen LogP contribution >= 0.6 is 27.7 Å². The first kappa shape index (κ1) is 12.8. The van der Waals surface area contributed by atoms with Gasteiger partial charge >= 0.3 is 0 Å². The molecule has 84 valence electrons. The normalized spacial score (nSPS) is 21.3. The van der Waals surface area contributed by atoms with Gasteiger partial charge in [0, 0.05) is 11.3 Å². The maximum Gasteiger partial charge on any atom is 0.221 e. The molecule has 0 aliphatic heterocycles. The Hall–Kier alpha value is 0.740. The largest absolute Gasteiger partial charge is 0.221 e. The minimum Gasteiger partial charge on any atom is -0.213 e. The molecule has 0 saturated heterocycles. The smallest absolute Gasteiger partial charge is 0.213 e. The molecule has 0 heterocycles. The Morgan fingerprint density at radius 1 is 1.43 bits per heavy atom. The van der Waals surface area contributed by atoms with Crippen LogP contribution in [-0.4, -0.2) is 30.6 Å². The summed E-state index contributed by atoms with van der Waals surface area (Å²) >= 11 is 4.75. The molecule has 1 rings (SSSR count). The zero-order chi connectivity index (χ0) is 10.7. The molecule has 0 spiro atoms. The molecule has 0 unspecified atom stereocenters. The summed E-state index contributed by atoms with van der Waals surface area (Å²) in [6, 6.07) is 0. The number of rotatable bonds is 5. The van der Waals surface area contributed by atoms with E-state index in [0.29, 0.717) is 6.54 Å². The van der Waals surface area contributed by atoms with E-state index in [0.717, 1.165) is 12.8 Å². The van der Waals surface area contributed by atoms with Gasteiger partial charge in [0.1, 0.15) is 4.66 Å². The van der Waals surface area contributed by atoms with E-state index in [4.69, 9.17) is 0 Å². The van der Waals surface area contributed by atoms with Gasteiger partial charge in [0.15, 0.2) is 0 Å². The molecule has 1 saturated carbocycles. The van der Waals surface area contributed by atoms with Crippen molar-refractivity contribution >= 4 is 37.7 Å². The Balaban J connectivity index is 2.50. The summed E-state index contributed by atoms with van der Waals surface area (Å²) in [6.07, 6.45) is 6.75. The van der Waals surface area contributed by atoms with E-state index < -0.39 is 10.0 Å². The SMILES string of the molecule is CSC1(CNS(=O)(=O)CBr)CCCC1. The second kappa shape index (κ2) is 5.18. The highest BCUT2D eigenvalue weighted by Gasteiger charge is 2.33. The van der Waals surface area contributed by atoms with E-state index in [1.165, 1.54) is 12.8 Å². The van der Waals surface area contributed by atoms with Crippen molar-refractivity contribution in [2.45, 2.75) is 30.4 Å². The van der Waals surface area contributed by atoms with Crippen molar-refractivity contribution in [2.24, 2.45) is 0 Å². The Labute approximate surface area is 98.6 Å². The number of sulfonamides is 1. The van der Waals surface area contributed by atoms with Gasteiger partial charge in [0.25, 0.3) is 0 Å². The lowest BCUT2D eigenvalue weighted by molar-refractivity contribution is 0.555. The first-order chi connectivity index (χ1) is 6.54.